The van der Waals surface area contributed by atoms with Gasteiger partial charge in [-0.05, 0) is 6.07 Å². The van der Waals surface area contributed by atoms with E-state index in [0.717, 1.165) is 5.56 Å². The quantitative estimate of drug-likeness (QED) is 0.615. The van der Waals surface area contributed by atoms with E-state index in [-0.39, 0.29) is 17.5 Å². The Morgan fingerprint density at radius 3 is 2.96 bits per heavy atom. The zero-order valence-electron chi connectivity index (χ0n) is 15.3. The van der Waals surface area contributed by atoms with Crippen molar-refractivity contribution in [3.63, 3.8) is 0 Å². The first kappa shape index (κ1) is 18.6. The van der Waals surface area contributed by atoms with Crippen LogP contribution in [0.3, 0.4) is 0 Å². The van der Waals surface area contributed by atoms with Crippen molar-refractivity contribution in [3.05, 3.63) is 47.2 Å². The first-order chi connectivity index (χ1) is 13.0. The SMILES string of the molecule is CNc1cncc(-c2c[nH]c(=O)c(N(C)C3CN(C(=O)/C=C/CN)C3)c2)n1. The van der Waals surface area contributed by atoms with Gasteiger partial charge in [0, 0.05) is 51.6 Å². The molecule has 0 spiro atoms. The molecule has 0 aromatic carbocycles. The number of aromatic nitrogens is 3. The average molecular weight is 369 g/mol. The van der Waals surface area contributed by atoms with Crippen molar-refractivity contribution in [1.82, 2.24) is 19.9 Å². The second-order valence-electron chi connectivity index (χ2n) is 6.29. The number of rotatable bonds is 6. The van der Waals surface area contributed by atoms with Gasteiger partial charge < -0.3 is 25.8 Å². The van der Waals surface area contributed by atoms with Gasteiger partial charge in [0.15, 0.2) is 0 Å². The maximum Gasteiger partial charge on any atom is 0.271 e. The van der Waals surface area contributed by atoms with E-state index in [0.29, 0.717) is 36.8 Å². The number of nitrogens with two attached hydrogens (primary N) is 1. The molecule has 2 aromatic rings. The fourth-order valence-corrected chi connectivity index (χ4v) is 2.86. The van der Waals surface area contributed by atoms with Gasteiger partial charge in [-0.25, -0.2) is 4.98 Å². The molecule has 1 amide bonds. The molecule has 0 saturated carbocycles. The number of nitrogens with one attached hydrogen (secondary N) is 2. The minimum atomic E-state index is -0.188. The number of hydrogen-bond donors (Lipinski definition) is 3. The molecule has 27 heavy (non-hydrogen) atoms. The summed E-state index contributed by atoms with van der Waals surface area (Å²) in [6.45, 7) is 1.45. The van der Waals surface area contributed by atoms with E-state index < -0.39 is 0 Å². The molecule has 9 nitrogen and oxygen atoms in total. The van der Waals surface area contributed by atoms with Crippen molar-refractivity contribution in [2.24, 2.45) is 5.73 Å². The van der Waals surface area contributed by atoms with E-state index >= 15 is 0 Å². The highest BCUT2D eigenvalue weighted by Gasteiger charge is 2.33. The highest BCUT2D eigenvalue weighted by molar-refractivity contribution is 5.88. The van der Waals surface area contributed by atoms with E-state index in [1.807, 2.05) is 11.9 Å². The number of nitrogens with zero attached hydrogens (tertiary/aromatic N) is 4. The van der Waals surface area contributed by atoms with Crippen molar-refractivity contribution >= 4 is 17.4 Å². The molecular formula is C18H23N7O2. The molecule has 142 valence electrons. The van der Waals surface area contributed by atoms with E-state index in [1.165, 1.54) is 6.08 Å². The number of likely N-dealkylation sites (tertiary alicyclic amines) is 1. The van der Waals surface area contributed by atoms with Gasteiger partial charge in [0.25, 0.3) is 5.56 Å². The summed E-state index contributed by atoms with van der Waals surface area (Å²) >= 11 is 0. The normalized spacial score (nSPS) is 14.3. The second kappa shape index (κ2) is 8.00. The fourth-order valence-electron chi connectivity index (χ4n) is 2.86. The van der Waals surface area contributed by atoms with Gasteiger partial charge in [0.05, 0.1) is 24.1 Å². The number of anilines is 2. The molecule has 0 atom stereocenters. The number of aromatic amines is 1. The van der Waals surface area contributed by atoms with Gasteiger partial charge in [0.1, 0.15) is 11.5 Å². The summed E-state index contributed by atoms with van der Waals surface area (Å²) in [6.07, 6.45) is 8.01. The summed E-state index contributed by atoms with van der Waals surface area (Å²) in [4.78, 5) is 39.2. The zero-order chi connectivity index (χ0) is 19.4. The van der Waals surface area contributed by atoms with Crippen LogP contribution in [-0.2, 0) is 4.79 Å². The Bertz CT molecular complexity index is 903. The smallest absolute Gasteiger partial charge is 0.271 e. The van der Waals surface area contributed by atoms with Crippen LogP contribution in [0.4, 0.5) is 11.5 Å². The van der Waals surface area contributed by atoms with E-state index in [9.17, 15) is 9.59 Å². The molecule has 0 unspecified atom stereocenters. The van der Waals surface area contributed by atoms with Gasteiger partial charge in [-0.2, -0.15) is 0 Å². The van der Waals surface area contributed by atoms with Crippen LogP contribution in [0, 0.1) is 0 Å². The van der Waals surface area contributed by atoms with Crippen LogP contribution in [0.2, 0.25) is 0 Å². The van der Waals surface area contributed by atoms with Crippen molar-refractivity contribution < 1.29 is 4.79 Å². The monoisotopic (exact) mass is 369 g/mol. The highest BCUT2D eigenvalue weighted by Crippen LogP contribution is 2.23. The van der Waals surface area contributed by atoms with Gasteiger partial charge in [0.2, 0.25) is 5.91 Å². The first-order valence-electron chi connectivity index (χ1n) is 8.64. The molecule has 1 fully saturated rings. The molecular weight excluding hydrogens is 346 g/mol. The summed E-state index contributed by atoms with van der Waals surface area (Å²) in [6, 6.07) is 1.87. The van der Waals surface area contributed by atoms with Crippen molar-refractivity contribution in [2.45, 2.75) is 6.04 Å². The Hall–Kier alpha value is -3.20. The minimum Gasteiger partial charge on any atom is -0.372 e. The van der Waals surface area contributed by atoms with Gasteiger partial charge in [-0.3, -0.25) is 14.6 Å². The fraction of sp³-hybridized carbons (Fsp3) is 0.333. The number of carbonyl (C=O) groups is 1. The standard InChI is InChI=1S/C18H23N7O2/c1-20-16-9-21-8-14(23-16)12-6-15(18(27)22-7-12)24(2)13-10-25(11-13)17(26)4-3-5-19/h3-4,6-9,13H,5,10-11,19H2,1-2H3,(H,20,23)(H,22,27)/b4-3+. The Balaban J connectivity index is 1.76. The molecule has 1 saturated heterocycles. The van der Waals surface area contributed by atoms with Crippen LogP contribution in [-0.4, -0.2) is 65.5 Å². The maximum absolute atomic E-state index is 12.3. The molecule has 4 N–H and O–H groups in total. The van der Waals surface area contributed by atoms with Crippen molar-refractivity contribution in [2.75, 3.05) is 43.9 Å². The van der Waals surface area contributed by atoms with Crippen LogP contribution in [0.15, 0.2) is 41.6 Å². The Morgan fingerprint density at radius 2 is 2.26 bits per heavy atom. The second-order valence-corrected chi connectivity index (χ2v) is 6.29. The highest BCUT2D eigenvalue weighted by atomic mass is 16.2. The topological polar surface area (TPSA) is 120 Å². The van der Waals surface area contributed by atoms with Crippen LogP contribution in [0.5, 0.6) is 0 Å². The Kier molecular flexibility index (Phi) is 5.51. The summed E-state index contributed by atoms with van der Waals surface area (Å²) < 4.78 is 0. The summed E-state index contributed by atoms with van der Waals surface area (Å²) in [5, 5.41) is 2.95. The molecule has 0 bridgehead atoms. The van der Waals surface area contributed by atoms with Gasteiger partial charge >= 0.3 is 0 Å². The predicted molar refractivity (Wildman–Crippen MR) is 105 cm³/mol. The molecule has 0 aliphatic carbocycles. The summed E-state index contributed by atoms with van der Waals surface area (Å²) in [5.41, 5.74) is 7.13. The van der Waals surface area contributed by atoms with Gasteiger partial charge in [-0.1, -0.05) is 6.08 Å². The maximum atomic E-state index is 12.3. The van der Waals surface area contributed by atoms with Crippen molar-refractivity contribution in [3.8, 4) is 11.3 Å². The van der Waals surface area contributed by atoms with Crippen molar-refractivity contribution in [1.29, 1.82) is 0 Å². The molecule has 1 aliphatic rings. The third-order valence-corrected chi connectivity index (χ3v) is 4.57. The predicted octanol–water partition coefficient (Wildman–Crippen LogP) is 0.0355. The van der Waals surface area contributed by atoms with Crippen LogP contribution < -0.4 is 21.5 Å². The number of likely N-dealkylation sites (N-methyl/N-ethyl adjacent to an activating group) is 1. The first-order valence-corrected chi connectivity index (χ1v) is 8.64. The molecule has 2 aromatic heterocycles. The lowest BCUT2D eigenvalue weighted by Crippen LogP contribution is -2.60. The zero-order valence-corrected chi connectivity index (χ0v) is 15.3. The number of hydrogen-bond acceptors (Lipinski definition) is 7. The molecule has 1 aliphatic heterocycles. The average Bonchev–Trinajstić information content (AvgIpc) is 2.65. The van der Waals surface area contributed by atoms with Gasteiger partial charge in [-0.15, -0.1) is 0 Å². The minimum absolute atomic E-state index is 0.0630. The Labute approximate surface area is 156 Å². The third-order valence-electron chi connectivity index (χ3n) is 4.57. The summed E-state index contributed by atoms with van der Waals surface area (Å²) in [7, 11) is 3.62. The van der Waals surface area contributed by atoms with E-state index in [2.05, 4.69) is 20.3 Å². The molecule has 0 radical (unpaired) electrons. The largest absolute Gasteiger partial charge is 0.372 e. The Morgan fingerprint density at radius 1 is 1.48 bits per heavy atom. The van der Waals surface area contributed by atoms with E-state index in [4.69, 9.17) is 5.73 Å². The lowest BCUT2D eigenvalue weighted by molar-refractivity contribution is -0.130. The van der Waals surface area contributed by atoms with Crippen LogP contribution in [0.25, 0.3) is 11.3 Å². The summed E-state index contributed by atoms with van der Waals surface area (Å²) in [5.74, 6) is 0.583. The van der Waals surface area contributed by atoms with Crippen LogP contribution in [0.1, 0.15) is 0 Å². The molecule has 3 heterocycles. The molecule has 3 rings (SSSR count). The lowest BCUT2D eigenvalue weighted by Gasteiger charge is -2.44. The molecule has 9 heteroatoms. The number of amides is 1. The van der Waals surface area contributed by atoms with E-state index in [1.54, 1.807) is 42.7 Å². The number of H-pyrrole nitrogens is 1. The number of pyridine rings is 1. The third kappa shape index (κ3) is 3.98. The number of carbonyl (C=O) groups excluding carboxylic acids is 1. The van der Waals surface area contributed by atoms with Crippen LogP contribution >= 0.6 is 0 Å². The lowest BCUT2D eigenvalue weighted by atomic mass is 10.1.